The predicted molar refractivity (Wildman–Crippen MR) is 167 cm³/mol. The lowest BCUT2D eigenvalue weighted by Gasteiger charge is -2.08. The predicted octanol–water partition coefficient (Wildman–Crippen LogP) is 5.40. The third-order valence-corrected chi connectivity index (χ3v) is 7.65. The molecular weight excluding hydrogens is 583 g/mol. The number of benzene rings is 1. The molecule has 1 aromatic carbocycles. The topological polar surface area (TPSA) is 158 Å². The molecule has 13 heteroatoms. The van der Waals surface area contributed by atoms with Gasteiger partial charge in [-0.3, -0.25) is 19.9 Å². The van der Waals surface area contributed by atoms with E-state index in [1.54, 1.807) is 37.1 Å². The summed E-state index contributed by atoms with van der Waals surface area (Å²) in [6.45, 7) is 3.94. The first-order chi connectivity index (χ1) is 21.0. The third-order valence-electron chi connectivity index (χ3n) is 6.98. The molecule has 0 atom stereocenters. The number of nitrogens with one attached hydrogen (secondary N) is 4. The van der Waals surface area contributed by atoms with Crippen LogP contribution in [0.5, 0.6) is 0 Å². The van der Waals surface area contributed by atoms with E-state index in [-0.39, 0.29) is 18.4 Å². The molecule has 0 unspecified atom stereocenters. The van der Waals surface area contributed by atoms with E-state index in [1.165, 1.54) is 12.1 Å². The molecule has 6 rings (SSSR count). The normalized spacial score (nSPS) is 11.9. The first-order valence-electron chi connectivity index (χ1n) is 13.8. The average molecular weight is 613 g/mol. The molecule has 44 heavy (non-hydrogen) atoms. The SMILES string of the molecule is CC(C)CC(=O)Nc1cncc(-c2cnc3n[nH]c(-c4cc5c(-c6cc(F)cc(CNS(C)(=O)=O)c6)cncc5[nH]4)c3c2)c1. The number of pyridine rings is 3. The molecular formula is C31H29FN8O3S. The van der Waals surface area contributed by atoms with Gasteiger partial charge in [0.05, 0.1) is 41.2 Å². The van der Waals surface area contributed by atoms with E-state index in [4.69, 9.17) is 0 Å². The van der Waals surface area contributed by atoms with E-state index in [0.717, 1.165) is 39.4 Å². The molecule has 6 aromatic rings. The summed E-state index contributed by atoms with van der Waals surface area (Å²) < 4.78 is 40.1. The lowest BCUT2D eigenvalue weighted by atomic mass is 10.0. The van der Waals surface area contributed by atoms with Crippen molar-refractivity contribution in [3.8, 4) is 33.6 Å². The largest absolute Gasteiger partial charge is 0.352 e. The maximum atomic E-state index is 14.6. The van der Waals surface area contributed by atoms with Crippen LogP contribution in [0.2, 0.25) is 0 Å². The molecule has 11 nitrogen and oxygen atoms in total. The number of carbonyl (C=O) groups is 1. The zero-order valence-electron chi connectivity index (χ0n) is 24.1. The van der Waals surface area contributed by atoms with Crippen molar-refractivity contribution in [1.82, 2.24) is 34.9 Å². The van der Waals surface area contributed by atoms with Crippen LogP contribution in [-0.4, -0.2) is 50.7 Å². The summed E-state index contributed by atoms with van der Waals surface area (Å²) in [5, 5.41) is 11.9. The van der Waals surface area contributed by atoms with E-state index < -0.39 is 15.8 Å². The van der Waals surface area contributed by atoms with Crippen molar-refractivity contribution in [3.63, 3.8) is 0 Å². The number of nitrogens with zero attached hydrogens (tertiary/aromatic N) is 4. The highest BCUT2D eigenvalue weighted by molar-refractivity contribution is 7.88. The smallest absolute Gasteiger partial charge is 0.224 e. The van der Waals surface area contributed by atoms with Gasteiger partial charge >= 0.3 is 0 Å². The van der Waals surface area contributed by atoms with Crippen LogP contribution in [0.25, 0.3) is 55.6 Å². The van der Waals surface area contributed by atoms with E-state index in [9.17, 15) is 17.6 Å². The second kappa shape index (κ2) is 11.6. The summed E-state index contributed by atoms with van der Waals surface area (Å²) in [6, 6.07) is 10.2. The Balaban J connectivity index is 1.36. The Kier molecular flexibility index (Phi) is 7.66. The van der Waals surface area contributed by atoms with Gasteiger partial charge in [0.2, 0.25) is 15.9 Å². The first-order valence-corrected chi connectivity index (χ1v) is 15.7. The van der Waals surface area contributed by atoms with E-state index >= 15 is 0 Å². The van der Waals surface area contributed by atoms with Crippen LogP contribution in [0.1, 0.15) is 25.8 Å². The van der Waals surface area contributed by atoms with Gasteiger partial charge in [-0.2, -0.15) is 5.10 Å². The van der Waals surface area contributed by atoms with Gasteiger partial charge in [-0.05, 0) is 53.4 Å². The molecule has 0 aliphatic heterocycles. The lowest BCUT2D eigenvalue weighted by molar-refractivity contribution is -0.116. The quantitative estimate of drug-likeness (QED) is 0.170. The van der Waals surface area contributed by atoms with Crippen LogP contribution < -0.4 is 10.0 Å². The fourth-order valence-corrected chi connectivity index (χ4v) is 5.48. The van der Waals surface area contributed by atoms with Crippen molar-refractivity contribution in [2.24, 2.45) is 5.92 Å². The van der Waals surface area contributed by atoms with Gasteiger partial charge in [0.15, 0.2) is 5.65 Å². The minimum absolute atomic E-state index is 0.0381. The number of hydrogen-bond acceptors (Lipinski definition) is 7. The van der Waals surface area contributed by atoms with Crippen molar-refractivity contribution in [2.45, 2.75) is 26.8 Å². The Hall–Kier alpha value is -5.01. The van der Waals surface area contributed by atoms with Crippen LogP contribution in [0.4, 0.5) is 10.1 Å². The van der Waals surface area contributed by atoms with Crippen molar-refractivity contribution < 1.29 is 17.6 Å². The van der Waals surface area contributed by atoms with Gasteiger partial charge in [-0.25, -0.2) is 22.5 Å². The fraction of sp³-hybridized carbons (Fsp3) is 0.194. The molecule has 0 aliphatic rings. The molecule has 4 N–H and O–H groups in total. The number of aromatic amines is 2. The summed E-state index contributed by atoms with van der Waals surface area (Å²) in [7, 11) is -3.44. The van der Waals surface area contributed by atoms with Crippen LogP contribution in [0, 0.1) is 11.7 Å². The van der Waals surface area contributed by atoms with Gasteiger partial charge in [0.1, 0.15) is 5.82 Å². The van der Waals surface area contributed by atoms with Gasteiger partial charge in [0, 0.05) is 59.0 Å². The second-order valence-electron chi connectivity index (χ2n) is 11.1. The standard InChI is InChI=1S/C31H29FN8O3S/c1-17(2)4-29(41)37-23-8-20(12-33-14-23)21-9-25-30(39-40-31(25)35-13-21)27-10-24-26(15-34-16-28(24)38-27)19-5-18(6-22(32)7-19)11-36-44(3,42)43/h5-10,12-17,36,38H,4,11H2,1-3H3,(H,37,41)(H,35,39,40). The molecule has 0 fully saturated rings. The molecule has 0 saturated carbocycles. The number of H-pyrrole nitrogens is 2. The first kappa shape index (κ1) is 29.1. The molecule has 5 aromatic heterocycles. The van der Waals surface area contributed by atoms with Crippen LogP contribution >= 0.6 is 0 Å². The number of anilines is 1. The maximum Gasteiger partial charge on any atom is 0.224 e. The summed E-state index contributed by atoms with van der Waals surface area (Å²) in [6.07, 6.45) is 9.82. The maximum absolute atomic E-state index is 14.6. The minimum atomic E-state index is -3.44. The van der Waals surface area contributed by atoms with Crippen LogP contribution in [0.3, 0.4) is 0 Å². The van der Waals surface area contributed by atoms with Gasteiger partial charge in [0.25, 0.3) is 0 Å². The number of amides is 1. The van der Waals surface area contributed by atoms with Crippen LogP contribution in [-0.2, 0) is 21.4 Å². The zero-order valence-corrected chi connectivity index (χ0v) is 25.0. The Morgan fingerprint density at radius 1 is 0.932 bits per heavy atom. The minimum Gasteiger partial charge on any atom is -0.352 e. The molecule has 0 saturated heterocycles. The number of halogens is 1. The number of aromatic nitrogens is 6. The summed E-state index contributed by atoms with van der Waals surface area (Å²) in [5.41, 5.74) is 6.55. The third kappa shape index (κ3) is 6.33. The zero-order chi connectivity index (χ0) is 31.0. The lowest BCUT2D eigenvalue weighted by Crippen LogP contribution is -2.21. The Morgan fingerprint density at radius 3 is 2.52 bits per heavy atom. The molecule has 0 spiro atoms. The fourth-order valence-electron chi connectivity index (χ4n) is 5.05. The highest BCUT2D eigenvalue weighted by Gasteiger charge is 2.16. The number of rotatable bonds is 9. The highest BCUT2D eigenvalue weighted by Crippen LogP contribution is 2.35. The number of carbonyl (C=O) groups excluding carboxylic acids is 1. The van der Waals surface area contributed by atoms with Crippen LogP contribution in [0.15, 0.2) is 67.4 Å². The molecule has 0 radical (unpaired) electrons. The summed E-state index contributed by atoms with van der Waals surface area (Å²) >= 11 is 0. The molecule has 224 valence electrons. The second-order valence-corrected chi connectivity index (χ2v) is 12.9. The Labute approximate surface area is 252 Å². The van der Waals surface area contributed by atoms with Gasteiger partial charge in [-0.15, -0.1) is 0 Å². The van der Waals surface area contributed by atoms with E-state index in [1.807, 2.05) is 32.0 Å². The van der Waals surface area contributed by atoms with E-state index in [0.29, 0.717) is 40.1 Å². The average Bonchev–Trinajstić information content (AvgIpc) is 3.59. The monoisotopic (exact) mass is 612 g/mol. The molecule has 5 heterocycles. The molecule has 0 aliphatic carbocycles. The van der Waals surface area contributed by atoms with Gasteiger partial charge < -0.3 is 10.3 Å². The number of hydrogen-bond donors (Lipinski definition) is 4. The summed E-state index contributed by atoms with van der Waals surface area (Å²) in [5.74, 6) is -0.321. The highest BCUT2D eigenvalue weighted by atomic mass is 32.2. The van der Waals surface area contributed by atoms with Crippen molar-refractivity contribution in [3.05, 3.63) is 78.8 Å². The summed E-state index contributed by atoms with van der Waals surface area (Å²) in [4.78, 5) is 28.8. The van der Waals surface area contributed by atoms with Crippen molar-refractivity contribution in [1.29, 1.82) is 0 Å². The number of fused-ring (bicyclic) bond motifs is 2. The van der Waals surface area contributed by atoms with Gasteiger partial charge in [-0.1, -0.05) is 13.8 Å². The van der Waals surface area contributed by atoms with Crippen molar-refractivity contribution >= 4 is 43.6 Å². The molecule has 1 amide bonds. The van der Waals surface area contributed by atoms with Crippen molar-refractivity contribution in [2.75, 3.05) is 11.6 Å². The number of sulfonamides is 1. The molecule has 0 bridgehead atoms. The Morgan fingerprint density at radius 2 is 1.73 bits per heavy atom. The van der Waals surface area contributed by atoms with E-state index in [2.05, 4.69) is 40.2 Å². The Bertz CT molecular complexity index is 2140.